The van der Waals surface area contributed by atoms with Gasteiger partial charge in [0.25, 0.3) is 0 Å². The van der Waals surface area contributed by atoms with Crippen molar-refractivity contribution in [3.63, 3.8) is 0 Å². The molecule has 1 amide bonds. The lowest BCUT2D eigenvalue weighted by Gasteiger charge is -2.11. The fraction of sp³-hybridized carbons (Fsp3) is 0.600. The second-order valence-electron chi connectivity index (χ2n) is 3.39. The SMILES string of the molecule is N[C@H](C=O)CCC(=O)N[C@H](C=O)CCC=O. The average molecular weight is 228 g/mol. The molecule has 0 saturated heterocycles. The fourth-order valence-electron chi connectivity index (χ4n) is 1.07. The van der Waals surface area contributed by atoms with E-state index >= 15 is 0 Å². The molecular weight excluding hydrogens is 212 g/mol. The normalized spacial score (nSPS) is 13.6. The van der Waals surface area contributed by atoms with Crippen molar-refractivity contribution < 1.29 is 19.2 Å². The van der Waals surface area contributed by atoms with Crippen LogP contribution >= 0.6 is 0 Å². The molecule has 0 aromatic carbocycles. The molecule has 0 fully saturated rings. The van der Waals surface area contributed by atoms with Gasteiger partial charge in [0, 0.05) is 12.8 Å². The minimum atomic E-state index is -0.657. The van der Waals surface area contributed by atoms with E-state index < -0.39 is 12.1 Å². The summed E-state index contributed by atoms with van der Waals surface area (Å²) in [7, 11) is 0. The van der Waals surface area contributed by atoms with Crippen molar-refractivity contribution in [1.29, 1.82) is 0 Å². The van der Waals surface area contributed by atoms with Crippen LogP contribution in [0.4, 0.5) is 0 Å². The maximum absolute atomic E-state index is 11.3. The van der Waals surface area contributed by atoms with Crippen LogP contribution in [0.25, 0.3) is 0 Å². The summed E-state index contributed by atoms with van der Waals surface area (Å²) < 4.78 is 0. The summed E-state index contributed by atoms with van der Waals surface area (Å²) in [5.74, 6) is -0.347. The maximum Gasteiger partial charge on any atom is 0.220 e. The molecule has 3 N–H and O–H groups in total. The largest absolute Gasteiger partial charge is 0.347 e. The summed E-state index contributed by atoms with van der Waals surface area (Å²) >= 11 is 0. The van der Waals surface area contributed by atoms with Crippen LogP contribution < -0.4 is 11.1 Å². The lowest BCUT2D eigenvalue weighted by Crippen LogP contribution is -2.37. The van der Waals surface area contributed by atoms with E-state index in [0.29, 0.717) is 25.3 Å². The van der Waals surface area contributed by atoms with Gasteiger partial charge in [-0.2, -0.15) is 0 Å². The summed E-state index contributed by atoms with van der Waals surface area (Å²) in [5, 5.41) is 2.44. The molecular formula is C10H16N2O4. The van der Waals surface area contributed by atoms with Crippen molar-refractivity contribution in [1.82, 2.24) is 5.32 Å². The quantitative estimate of drug-likeness (QED) is 0.490. The number of hydrogen-bond donors (Lipinski definition) is 2. The van der Waals surface area contributed by atoms with Crippen molar-refractivity contribution in [3.05, 3.63) is 0 Å². The van der Waals surface area contributed by atoms with Gasteiger partial charge >= 0.3 is 0 Å². The zero-order valence-electron chi connectivity index (χ0n) is 8.93. The third-order valence-electron chi connectivity index (χ3n) is 1.99. The third-order valence-corrected chi connectivity index (χ3v) is 1.99. The Morgan fingerprint density at radius 1 is 1.19 bits per heavy atom. The van der Waals surface area contributed by atoms with E-state index in [0.717, 1.165) is 0 Å². The minimum Gasteiger partial charge on any atom is -0.347 e. The predicted octanol–water partition coefficient (Wildman–Crippen LogP) is -1.04. The van der Waals surface area contributed by atoms with Gasteiger partial charge < -0.3 is 25.4 Å². The highest BCUT2D eigenvalue weighted by Gasteiger charge is 2.11. The number of hydrogen-bond acceptors (Lipinski definition) is 5. The highest BCUT2D eigenvalue weighted by Crippen LogP contribution is 1.96. The second kappa shape index (κ2) is 8.72. The van der Waals surface area contributed by atoms with E-state index in [1.54, 1.807) is 0 Å². The molecule has 0 saturated carbocycles. The number of nitrogens with two attached hydrogens (primary N) is 1. The van der Waals surface area contributed by atoms with Gasteiger partial charge in [-0.15, -0.1) is 0 Å². The van der Waals surface area contributed by atoms with Crippen molar-refractivity contribution >= 4 is 24.8 Å². The summed E-state index contributed by atoms with van der Waals surface area (Å²) in [6.45, 7) is 0. The molecule has 6 heteroatoms. The van der Waals surface area contributed by atoms with Gasteiger partial charge in [0.1, 0.15) is 18.9 Å². The van der Waals surface area contributed by atoms with E-state index in [2.05, 4.69) is 5.32 Å². The fourth-order valence-corrected chi connectivity index (χ4v) is 1.07. The molecule has 0 unspecified atom stereocenters. The smallest absolute Gasteiger partial charge is 0.220 e. The van der Waals surface area contributed by atoms with Crippen molar-refractivity contribution in [3.8, 4) is 0 Å². The van der Waals surface area contributed by atoms with Gasteiger partial charge in [0.05, 0.1) is 12.1 Å². The van der Waals surface area contributed by atoms with Gasteiger partial charge in [-0.25, -0.2) is 0 Å². The Hall–Kier alpha value is -1.56. The van der Waals surface area contributed by atoms with Crippen LogP contribution in [0, 0.1) is 0 Å². The Morgan fingerprint density at radius 3 is 2.38 bits per heavy atom. The number of amides is 1. The highest BCUT2D eigenvalue weighted by atomic mass is 16.2. The van der Waals surface area contributed by atoms with Crippen molar-refractivity contribution in [2.75, 3.05) is 0 Å². The first kappa shape index (κ1) is 14.4. The molecule has 0 bridgehead atoms. The molecule has 16 heavy (non-hydrogen) atoms. The third kappa shape index (κ3) is 6.83. The summed E-state index contributed by atoms with van der Waals surface area (Å²) in [5.41, 5.74) is 5.30. The molecule has 0 spiro atoms. The Labute approximate surface area is 93.6 Å². The zero-order chi connectivity index (χ0) is 12.4. The number of aldehydes is 3. The number of nitrogens with one attached hydrogen (secondary N) is 1. The molecule has 90 valence electrons. The van der Waals surface area contributed by atoms with Crippen molar-refractivity contribution in [2.24, 2.45) is 5.73 Å². The highest BCUT2D eigenvalue weighted by molar-refractivity contribution is 5.80. The number of carbonyl (C=O) groups excluding carboxylic acids is 4. The Morgan fingerprint density at radius 2 is 1.88 bits per heavy atom. The summed E-state index contributed by atoms with van der Waals surface area (Å²) in [6.07, 6.45) is 2.68. The molecule has 0 rings (SSSR count). The van der Waals surface area contributed by atoms with E-state index in [9.17, 15) is 19.2 Å². The van der Waals surface area contributed by atoms with Gasteiger partial charge in [-0.05, 0) is 12.8 Å². The number of carbonyl (C=O) groups is 4. The topological polar surface area (TPSA) is 106 Å². The molecule has 0 aliphatic carbocycles. The van der Waals surface area contributed by atoms with Crippen LogP contribution in [-0.2, 0) is 19.2 Å². The molecule has 0 aliphatic rings. The first-order chi connectivity index (χ1) is 7.63. The van der Waals surface area contributed by atoms with Crippen LogP contribution in [0.2, 0.25) is 0 Å². The lowest BCUT2D eigenvalue weighted by atomic mass is 10.1. The van der Waals surface area contributed by atoms with Gasteiger partial charge in [-0.1, -0.05) is 0 Å². The molecule has 0 heterocycles. The van der Waals surface area contributed by atoms with Gasteiger partial charge in [-0.3, -0.25) is 4.79 Å². The molecule has 2 atom stereocenters. The maximum atomic E-state index is 11.3. The van der Waals surface area contributed by atoms with E-state index in [1.807, 2.05) is 0 Å². The average Bonchev–Trinajstić information content (AvgIpc) is 2.31. The van der Waals surface area contributed by atoms with Crippen LogP contribution in [0.1, 0.15) is 25.7 Å². The van der Waals surface area contributed by atoms with Crippen molar-refractivity contribution in [2.45, 2.75) is 37.8 Å². The standard InChI is InChI=1S/C10H16N2O4/c11-8(6-14)3-4-10(16)12-9(7-15)2-1-5-13/h5-9H,1-4,11H2,(H,12,16)/t8-,9-/m0/s1. The van der Waals surface area contributed by atoms with Gasteiger partial charge in [0.15, 0.2) is 0 Å². The van der Waals surface area contributed by atoms with Crippen LogP contribution in [0.5, 0.6) is 0 Å². The zero-order valence-corrected chi connectivity index (χ0v) is 8.93. The monoisotopic (exact) mass is 228 g/mol. The first-order valence-corrected chi connectivity index (χ1v) is 5.03. The van der Waals surface area contributed by atoms with E-state index in [4.69, 9.17) is 5.73 Å². The Bertz CT molecular complexity index is 255. The van der Waals surface area contributed by atoms with Gasteiger partial charge in [0.2, 0.25) is 5.91 Å². The van der Waals surface area contributed by atoms with Crippen LogP contribution in [-0.4, -0.2) is 36.8 Å². The minimum absolute atomic E-state index is 0.0886. The summed E-state index contributed by atoms with van der Waals surface area (Å²) in [4.78, 5) is 42.1. The predicted molar refractivity (Wildman–Crippen MR) is 56.6 cm³/mol. The molecule has 6 nitrogen and oxygen atoms in total. The van der Waals surface area contributed by atoms with Crippen LogP contribution in [0.15, 0.2) is 0 Å². The molecule has 0 aromatic heterocycles. The first-order valence-electron chi connectivity index (χ1n) is 5.03. The molecule has 0 aromatic rings. The lowest BCUT2D eigenvalue weighted by molar-refractivity contribution is -0.124. The number of rotatable bonds is 9. The van der Waals surface area contributed by atoms with E-state index in [1.165, 1.54) is 0 Å². The molecule has 0 aliphatic heterocycles. The Balaban J connectivity index is 3.86. The van der Waals surface area contributed by atoms with Crippen LogP contribution in [0.3, 0.4) is 0 Å². The molecule has 0 radical (unpaired) electrons. The van der Waals surface area contributed by atoms with E-state index in [-0.39, 0.29) is 25.2 Å². The second-order valence-corrected chi connectivity index (χ2v) is 3.39. The Kier molecular flexibility index (Phi) is 7.87. The summed E-state index contributed by atoms with van der Waals surface area (Å²) in [6, 6.07) is -1.31.